The molecule has 0 atom stereocenters. The highest BCUT2D eigenvalue weighted by Gasteiger charge is 2.16. The SMILES string of the molecule is CCCN(CCBr)C(=O)c1ccc(Br)cc1Br. The second-order valence-corrected chi connectivity index (χ2v) is 6.17. The third-order valence-electron chi connectivity index (χ3n) is 2.30. The van der Waals surface area contributed by atoms with E-state index in [1.165, 1.54) is 0 Å². The number of alkyl halides is 1. The Hall–Kier alpha value is 0.130. The van der Waals surface area contributed by atoms with Crippen molar-refractivity contribution in [3.05, 3.63) is 32.7 Å². The summed E-state index contributed by atoms with van der Waals surface area (Å²) >= 11 is 10.2. The normalized spacial score (nSPS) is 10.4. The van der Waals surface area contributed by atoms with Gasteiger partial charge in [0.05, 0.1) is 5.56 Å². The molecule has 1 rings (SSSR count). The van der Waals surface area contributed by atoms with Crippen LogP contribution in [0.25, 0.3) is 0 Å². The van der Waals surface area contributed by atoms with Crippen LogP contribution in [-0.4, -0.2) is 29.2 Å². The van der Waals surface area contributed by atoms with Crippen LogP contribution < -0.4 is 0 Å². The topological polar surface area (TPSA) is 20.3 Å². The van der Waals surface area contributed by atoms with Gasteiger partial charge >= 0.3 is 0 Å². The van der Waals surface area contributed by atoms with Gasteiger partial charge in [-0.3, -0.25) is 4.79 Å². The zero-order valence-electron chi connectivity index (χ0n) is 9.55. The van der Waals surface area contributed by atoms with Crippen molar-refractivity contribution in [3.63, 3.8) is 0 Å². The smallest absolute Gasteiger partial charge is 0.255 e. The Balaban J connectivity index is 2.92. The lowest BCUT2D eigenvalue weighted by Crippen LogP contribution is -2.33. The van der Waals surface area contributed by atoms with Crippen molar-refractivity contribution in [1.82, 2.24) is 4.90 Å². The molecule has 0 bridgehead atoms. The summed E-state index contributed by atoms with van der Waals surface area (Å²) in [6, 6.07) is 5.62. The highest BCUT2D eigenvalue weighted by molar-refractivity contribution is 9.11. The maximum Gasteiger partial charge on any atom is 0.255 e. The van der Waals surface area contributed by atoms with Crippen molar-refractivity contribution in [3.8, 4) is 0 Å². The van der Waals surface area contributed by atoms with Crippen LogP contribution in [0.15, 0.2) is 27.1 Å². The molecule has 1 amide bonds. The first-order valence-corrected chi connectivity index (χ1v) is 8.11. The molecule has 1 aromatic rings. The van der Waals surface area contributed by atoms with Gasteiger partial charge in [-0.15, -0.1) is 0 Å². The lowest BCUT2D eigenvalue weighted by Gasteiger charge is -2.21. The number of rotatable bonds is 5. The van der Waals surface area contributed by atoms with Gasteiger partial charge in [0, 0.05) is 27.4 Å². The summed E-state index contributed by atoms with van der Waals surface area (Å²) in [5.74, 6) is 0.0747. The second kappa shape index (κ2) is 7.54. The molecule has 5 heteroatoms. The monoisotopic (exact) mass is 425 g/mol. The lowest BCUT2D eigenvalue weighted by atomic mass is 10.2. The van der Waals surface area contributed by atoms with Gasteiger partial charge in [-0.1, -0.05) is 38.8 Å². The van der Waals surface area contributed by atoms with E-state index in [0.29, 0.717) is 5.56 Å². The van der Waals surface area contributed by atoms with Crippen LogP contribution in [-0.2, 0) is 0 Å². The fraction of sp³-hybridized carbons (Fsp3) is 0.417. The third kappa shape index (κ3) is 4.38. The summed E-state index contributed by atoms with van der Waals surface area (Å²) < 4.78 is 1.79. The van der Waals surface area contributed by atoms with Crippen molar-refractivity contribution in [2.75, 3.05) is 18.4 Å². The van der Waals surface area contributed by atoms with E-state index in [-0.39, 0.29) is 5.91 Å². The molecule has 0 fully saturated rings. The highest BCUT2D eigenvalue weighted by atomic mass is 79.9. The zero-order chi connectivity index (χ0) is 12.8. The quantitative estimate of drug-likeness (QED) is 0.635. The first-order valence-electron chi connectivity index (χ1n) is 5.40. The second-order valence-electron chi connectivity index (χ2n) is 3.61. The fourth-order valence-corrected chi connectivity index (χ4v) is 3.16. The van der Waals surface area contributed by atoms with E-state index in [9.17, 15) is 4.79 Å². The summed E-state index contributed by atoms with van der Waals surface area (Å²) in [5, 5.41) is 0.798. The lowest BCUT2D eigenvalue weighted by molar-refractivity contribution is 0.0765. The molecule has 0 saturated heterocycles. The molecule has 0 aliphatic heterocycles. The van der Waals surface area contributed by atoms with Crippen LogP contribution in [0.3, 0.4) is 0 Å². The Morgan fingerprint density at radius 2 is 2.00 bits per heavy atom. The number of carbonyl (C=O) groups is 1. The van der Waals surface area contributed by atoms with Crippen molar-refractivity contribution < 1.29 is 4.79 Å². The van der Waals surface area contributed by atoms with E-state index in [2.05, 4.69) is 54.7 Å². The van der Waals surface area contributed by atoms with Gasteiger partial charge in [-0.2, -0.15) is 0 Å². The number of amides is 1. The van der Waals surface area contributed by atoms with Crippen molar-refractivity contribution in [2.45, 2.75) is 13.3 Å². The molecule has 17 heavy (non-hydrogen) atoms. The highest BCUT2D eigenvalue weighted by Crippen LogP contribution is 2.23. The van der Waals surface area contributed by atoms with E-state index < -0.39 is 0 Å². The van der Waals surface area contributed by atoms with Crippen LogP contribution in [0, 0.1) is 0 Å². The Bertz CT molecular complexity index is 389. The van der Waals surface area contributed by atoms with E-state index in [4.69, 9.17) is 0 Å². The summed E-state index contributed by atoms with van der Waals surface area (Å²) in [5.41, 5.74) is 0.711. The van der Waals surface area contributed by atoms with Crippen LogP contribution in [0.2, 0.25) is 0 Å². The molecule has 0 aliphatic carbocycles. The number of nitrogens with zero attached hydrogens (tertiary/aromatic N) is 1. The summed E-state index contributed by atoms with van der Waals surface area (Å²) in [4.78, 5) is 14.2. The average molecular weight is 428 g/mol. The third-order valence-corrected chi connectivity index (χ3v) is 3.80. The Morgan fingerprint density at radius 3 is 2.53 bits per heavy atom. The number of benzene rings is 1. The van der Waals surface area contributed by atoms with Crippen molar-refractivity contribution in [2.24, 2.45) is 0 Å². The summed E-state index contributed by atoms with van der Waals surface area (Å²) in [6.45, 7) is 3.59. The molecule has 0 spiro atoms. The Kier molecular flexibility index (Phi) is 6.74. The summed E-state index contributed by atoms with van der Waals surface area (Å²) in [7, 11) is 0. The first kappa shape index (κ1) is 15.2. The van der Waals surface area contributed by atoms with Gasteiger partial charge in [-0.05, 0) is 40.5 Å². The predicted molar refractivity (Wildman–Crippen MR) is 81.8 cm³/mol. The van der Waals surface area contributed by atoms with Crippen molar-refractivity contribution in [1.29, 1.82) is 0 Å². The molecule has 2 nitrogen and oxygen atoms in total. The largest absolute Gasteiger partial charge is 0.338 e. The number of carbonyl (C=O) groups excluding carboxylic acids is 1. The molecule has 0 unspecified atom stereocenters. The first-order chi connectivity index (χ1) is 8.10. The molecule has 94 valence electrons. The van der Waals surface area contributed by atoms with Gasteiger partial charge in [0.25, 0.3) is 5.91 Å². The van der Waals surface area contributed by atoms with Crippen molar-refractivity contribution >= 4 is 53.7 Å². The maximum atomic E-state index is 12.3. The number of hydrogen-bond donors (Lipinski definition) is 0. The minimum atomic E-state index is 0.0747. The van der Waals surface area contributed by atoms with Gasteiger partial charge in [0.15, 0.2) is 0 Å². The minimum Gasteiger partial charge on any atom is -0.338 e. The standard InChI is InChI=1S/C12H14Br3NO/c1-2-6-16(7-5-13)12(17)10-4-3-9(14)8-11(10)15/h3-4,8H,2,5-7H2,1H3. The molecule has 0 N–H and O–H groups in total. The summed E-state index contributed by atoms with van der Waals surface area (Å²) in [6.07, 6.45) is 0.965. The molecule has 0 aliphatic rings. The van der Waals surface area contributed by atoms with E-state index in [1.807, 2.05) is 23.1 Å². The van der Waals surface area contributed by atoms with E-state index >= 15 is 0 Å². The Morgan fingerprint density at radius 1 is 1.29 bits per heavy atom. The minimum absolute atomic E-state index is 0.0747. The molecular weight excluding hydrogens is 414 g/mol. The van der Waals surface area contributed by atoms with Crippen LogP contribution in [0.5, 0.6) is 0 Å². The van der Waals surface area contributed by atoms with Gasteiger partial charge in [0.1, 0.15) is 0 Å². The molecule has 0 heterocycles. The molecule has 0 saturated carbocycles. The fourth-order valence-electron chi connectivity index (χ4n) is 1.52. The molecule has 0 aromatic heterocycles. The van der Waals surface area contributed by atoms with E-state index in [1.54, 1.807) is 0 Å². The average Bonchev–Trinajstić information content (AvgIpc) is 2.28. The molecule has 1 aromatic carbocycles. The maximum absolute atomic E-state index is 12.3. The van der Waals surface area contributed by atoms with E-state index in [0.717, 1.165) is 33.8 Å². The number of halogens is 3. The predicted octanol–water partition coefficient (Wildman–Crippen LogP) is 4.46. The zero-order valence-corrected chi connectivity index (χ0v) is 14.3. The van der Waals surface area contributed by atoms with Gasteiger partial charge in [-0.25, -0.2) is 0 Å². The van der Waals surface area contributed by atoms with Crippen LogP contribution in [0.4, 0.5) is 0 Å². The van der Waals surface area contributed by atoms with Gasteiger partial charge in [0.2, 0.25) is 0 Å². The number of hydrogen-bond acceptors (Lipinski definition) is 1. The molecular formula is C12H14Br3NO. The molecule has 0 radical (unpaired) electrons. The van der Waals surface area contributed by atoms with Crippen LogP contribution >= 0.6 is 47.8 Å². The van der Waals surface area contributed by atoms with Gasteiger partial charge < -0.3 is 4.90 Å². The Labute approximate surface area is 127 Å². The van der Waals surface area contributed by atoms with Crippen LogP contribution in [0.1, 0.15) is 23.7 Å².